The summed E-state index contributed by atoms with van der Waals surface area (Å²) < 4.78 is 5.15. The van der Waals surface area contributed by atoms with E-state index in [-0.39, 0.29) is 29.3 Å². The van der Waals surface area contributed by atoms with Crippen molar-refractivity contribution in [3.63, 3.8) is 0 Å². The molecule has 0 radical (unpaired) electrons. The van der Waals surface area contributed by atoms with Gasteiger partial charge in [0.15, 0.2) is 0 Å². The van der Waals surface area contributed by atoms with Crippen LogP contribution < -0.4 is 15.6 Å². The van der Waals surface area contributed by atoms with Crippen molar-refractivity contribution in [1.29, 1.82) is 0 Å². The maximum absolute atomic E-state index is 13.1. The number of rotatable bonds is 5. The van der Waals surface area contributed by atoms with Crippen LogP contribution in [0.1, 0.15) is 53.5 Å². The summed E-state index contributed by atoms with van der Waals surface area (Å²) in [7, 11) is 1.51. The number of hydrogen-bond donors (Lipinski definition) is 3. The van der Waals surface area contributed by atoms with Crippen molar-refractivity contribution in [2.24, 2.45) is 5.92 Å². The lowest BCUT2D eigenvalue weighted by molar-refractivity contribution is -0.127. The molecule has 3 aromatic rings. The Labute approximate surface area is 212 Å². The van der Waals surface area contributed by atoms with Gasteiger partial charge in [-0.25, -0.2) is 4.98 Å². The zero-order valence-electron chi connectivity index (χ0n) is 19.8. The molecule has 11 heteroatoms. The minimum atomic E-state index is -0.171. The summed E-state index contributed by atoms with van der Waals surface area (Å²) in [5.41, 5.74) is 3.27. The Kier molecular flexibility index (Phi) is 6.77. The molecule has 10 nitrogen and oxygen atoms in total. The summed E-state index contributed by atoms with van der Waals surface area (Å²) in [5.74, 6) is 0.0596. The van der Waals surface area contributed by atoms with Gasteiger partial charge in [-0.2, -0.15) is 5.10 Å². The Morgan fingerprint density at radius 1 is 1.19 bits per heavy atom. The molecule has 0 bridgehead atoms. The number of nitrogens with zero attached hydrogens (tertiary/aromatic N) is 3. The highest BCUT2D eigenvalue weighted by molar-refractivity contribution is 6.33. The third-order valence-corrected chi connectivity index (χ3v) is 7.23. The molecule has 188 valence electrons. The molecule has 1 fully saturated rings. The second kappa shape index (κ2) is 10.1. The van der Waals surface area contributed by atoms with E-state index in [9.17, 15) is 14.4 Å². The highest BCUT2D eigenvalue weighted by Gasteiger charge is 2.31. The van der Waals surface area contributed by atoms with E-state index in [2.05, 4.69) is 25.5 Å². The van der Waals surface area contributed by atoms with Crippen LogP contribution in [0, 0.1) is 5.92 Å². The van der Waals surface area contributed by atoms with E-state index in [1.807, 2.05) is 6.07 Å². The van der Waals surface area contributed by atoms with Gasteiger partial charge < -0.3 is 19.9 Å². The van der Waals surface area contributed by atoms with E-state index in [1.165, 1.54) is 19.4 Å². The lowest BCUT2D eigenvalue weighted by atomic mass is 9.89. The highest BCUT2D eigenvalue weighted by atomic mass is 35.5. The summed E-state index contributed by atoms with van der Waals surface area (Å²) in [4.78, 5) is 46.4. The van der Waals surface area contributed by atoms with Crippen LogP contribution in [0.25, 0.3) is 11.3 Å². The average molecular weight is 511 g/mol. The molecule has 36 heavy (non-hydrogen) atoms. The van der Waals surface area contributed by atoms with Crippen molar-refractivity contribution in [3.05, 3.63) is 62.8 Å². The van der Waals surface area contributed by atoms with Crippen LogP contribution in [0.3, 0.4) is 0 Å². The van der Waals surface area contributed by atoms with Gasteiger partial charge in [0.05, 0.1) is 30.1 Å². The van der Waals surface area contributed by atoms with Gasteiger partial charge in [0.25, 0.3) is 5.91 Å². The van der Waals surface area contributed by atoms with Gasteiger partial charge in [-0.1, -0.05) is 11.6 Å². The fraction of sp³-hybridized carbons (Fsp3) is 0.400. The maximum Gasteiger partial charge on any atom is 0.271 e. The van der Waals surface area contributed by atoms with Crippen LogP contribution >= 0.6 is 11.6 Å². The smallest absolute Gasteiger partial charge is 0.271 e. The Balaban J connectivity index is 1.19. The molecule has 0 aromatic carbocycles. The largest absolute Gasteiger partial charge is 0.481 e. The summed E-state index contributed by atoms with van der Waals surface area (Å²) >= 11 is 6.25. The topological polar surface area (TPSA) is 133 Å². The first-order valence-electron chi connectivity index (χ1n) is 12.0. The third-order valence-electron chi connectivity index (χ3n) is 6.92. The number of aromatic nitrogens is 4. The number of halogens is 1. The molecule has 3 N–H and O–H groups in total. The van der Waals surface area contributed by atoms with Gasteiger partial charge in [-0.05, 0) is 49.8 Å². The van der Waals surface area contributed by atoms with Gasteiger partial charge in [0.1, 0.15) is 5.69 Å². The number of nitrogens with one attached hydrogen (secondary N) is 3. The number of H-pyrrole nitrogens is 2. The van der Waals surface area contributed by atoms with Gasteiger partial charge in [0, 0.05) is 42.4 Å². The molecular formula is C25H27ClN6O4. The predicted molar refractivity (Wildman–Crippen MR) is 133 cm³/mol. The van der Waals surface area contributed by atoms with Gasteiger partial charge >= 0.3 is 0 Å². The van der Waals surface area contributed by atoms with E-state index in [0.717, 1.165) is 30.5 Å². The van der Waals surface area contributed by atoms with E-state index < -0.39 is 0 Å². The monoisotopic (exact) mass is 510 g/mol. The van der Waals surface area contributed by atoms with Crippen molar-refractivity contribution in [3.8, 4) is 17.1 Å². The number of fused-ring (bicyclic) bond motifs is 1. The van der Waals surface area contributed by atoms with Crippen LogP contribution in [-0.4, -0.2) is 57.1 Å². The number of pyridine rings is 2. The molecule has 1 atom stereocenters. The third kappa shape index (κ3) is 4.86. The van der Waals surface area contributed by atoms with Crippen LogP contribution in [0.5, 0.6) is 5.88 Å². The summed E-state index contributed by atoms with van der Waals surface area (Å²) in [5, 5.41) is 10.6. The van der Waals surface area contributed by atoms with E-state index >= 15 is 0 Å². The number of amides is 2. The number of ether oxygens (including phenoxy) is 1. The van der Waals surface area contributed by atoms with Crippen LogP contribution in [0.2, 0.25) is 5.02 Å². The van der Waals surface area contributed by atoms with Gasteiger partial charge in [0.2, 0.25) is 17.3 Å². The second-order valence-electron chi connectivity index (χ2n) is 9.15. The number of aromatic amines is 2. The van der Waals surface area contributed by atoms with E-state index in [4.69, 9.17) is 16.3 Å². The minimum Gasteiger partial charge on any atom is -0.481 e. The number of carbonyl (C=O) groups excluding carboxylic acids is 2. The first kappa shape index (κ1) is 24.1. The highest BCUT2D eigenvalue weighted by Crippen LogP contribution is 2.30. The molecule has 2 amide bonds. The molecular weight excluding hydrogens is 484 g/mol. The van der Waals surface area contributed by atoms with E-state index in [0.29, 0.717) is 53.8 Å². The fourth-order valence-electron chi connectivity index (χ4n) is 4.95. The van der Waals surface area contributed by atoms with Crippen LogP contribution in [0.15, 0.2) is 35.3 Å². The zero-order chi connectivity index (χ0) is 25.2. The number of carbonyl (C=O) groups is 2. The van der Waals surface area contributed by atoms with Gasteiger partial charge in [-0.15, -0.1) is 0 Å². The second-order valence-corrected chi connectivity index (χ2v) is 9.56. The molecule has 0 saturated carbocycles. The Morgan fingerprint density at radius 2 is 2.00 bits per heavy atom. The first-order chi connectivity index (χ1) is 17.4. The molecule has 5 rings (SSSR count). The summed E-state index contributed by atoms with van der Waals surface area (Å²) in [6.45, 7) is 0.952. The standard InChI is InChI=1S/C25H27ClN6O4/c1-36-23-11-16(17(26)13-27-23)20-12-21(31-30-20)25(35)32-9-7-14(8-10-32)24(34)29-19-4-2-3-18-15(19)5-6-22(33)28-18/h5-6,11-14,19H,2-4,7-10H2,1H3,(H,28,33)(H,29,34)(H,30,31). The number of hydrogen-bond acceptors (Lipinski definition) is 6. The lowest BCUT2D eigenvalue weighted by Gasteiger charge is -2.33. The van der Waals surface area contributed by atoms with Crippen molar-refractivity contribution in [2.75, 3.05) is 20.2 Å². The molecule has 1 aliphatic heterocycles. The van der Waals surface area contributed by atoms with Crippen LogP contribution in [-0.2, 0) is 11.2 Å². The minimum absolute atomic E-state index is 0.00347. The SMILES string of the molecule is COc1cc(-c2cc(C(=O)N3CCC(C(=O)NC4CCCc5[nH]c(=O)ccc54)CC3)[nH]n2)c(Cl)cn1. The van der Waals surface area contributed by atoms with Crippen molar-refractivity contribution in [2.45, 2.75) is 38.1 Å². The van der Waals surface area contributed by atoms with E-state index in [1.54, 1.807) is 17.0 Å². The molecule has 1 aliphatic carbocycles. The molecule has 1 saturated heterocycles. The quantitative estimate of drug-likeness (QED) is 0.483. The predicted octanol–water partition coefficient (Wildman–Crippen LogP) is 2.87. The number of likely N-dealkylation sites (tertiary alicyclic amines) is 1. The van der Waals surface area contributed by atoms with Crippen LogP contribution in [0.4, 0.5) is 0 Å². The lowest BCUT2D eigenvalue weighted by Crippen LogP contribution is -2.44. The normalized spacial score (nSPS) is 17.9. The molecule has 2 aliphatic rings. The number of methoxy groups -OCH3 is 1. The molecule has 3 aromatic heterocycles. The Hall–Kier alpha value is -3.66. The van der Waals surface area contributed by atoms with Gasteiger partial charge in [-0.3, -0.25) is 19.5 Å². The maximum atomic E-state index is 13.1. The van der Waals surface area contributed by atoms with Crippen molar-refractivity contribution in [1.82, 2.24) is 30.4 Å². The molecule has 1 unspecified atom stereocenters. The van der Waals surface area contributed by atoms with Crippen molar-refractivity contribution < 1.29 is 14.3 Å². The molecule has 0 spiro atoms. The van der Waals surface area contributed by atoms with Crippen molar-refractivity contribution >= 4 is 23.4 Å². The Morgan fingerprint density at radius 3 is 2.78 bits per heavy atom. The summed E-state index contributed by atoms with van der Waals surface area (Å²) in [6.07, 6.45) is 5.21. The zero-order valence-corrected chi connectivity index (χ0v) is 20.6. The number of piperidine rings is 1. The summed E-state index contributed by atoms with van der Waals surface area (Å²) in [6, 6.07) is 6.55. The Bertz CT molecular complexity index is 1340. The fourth-order valence-corrected chi connectivity index (χ4v) is 5.15. The first-order valence-corrected chi connectivity index (χ1v) is 12.4. The average Bonchev–Trinajstić information content (AvgIpc) is 3.38. The molecule has 4 heterocycles. The number of aryl methyl sites for hydroxylation is 1.